The van der Waals surface area contributed by atoms with Crippen LogP contribution in [0.4, 0.5) is 17.1 Å². The zero-order valence-corrected chi connectivity index (χ0v) is 15.9. The molecular formula is C17H24N3O5P. The minimum Gasteiger partial charge on any atom is -0.397 e. The molecule has 0 saturated carbocycles. The number of nitro benzene ring substituents is 1. The molecule has 0 heterocycles. The largest absolute Gasteiger partial charge is 0.397 e. The first-order valence-electron chi connectivity index (χ1n) is 8.44. The van der Waals surface area contributed by atoms with E-state index >= 15 is 0 Å². The molecule has 0 amide bonds. The molecule has 2 aromatic carbocycles. The molecule has 4 N–H and O–H groups in total. The van der Waals surface area contributed by atoms with Gasteiger partial charge in [-0.25, -0.2) is 0 Å². The Bertz CT molecular complexity index is 858. The van der Waals surface area contributed by atoms with E-state index in [0.717, 1.165) is 0 Å². The summed E-state index contributed by atoms with van der Waals surface area (Å²) in [5.74, 6) is -0.885. The van der Waals surface area contributed by atoms with Crippen LogP contribution in [0.25, 0.3) is 10.8 Å². The van der Waals surface area contributed by atoms with Crippen molar-refractivity contribution in [1.82, 2.24) is 0 Å². The molecular weight excluding hydrogens is 357 g/mol. The van der Waals surface area contributed by atoms with Crippen LogP contribution in [0.5, 0.6) is 0 Å². The molecule has 2 rings (SSSR count). The summed E-state index contributed by atoms with van der Waals surface area (Å²) in [5.41, 5.74) is 6.43. The predicted molar refractivity (Wildman–Crippen MR) is 103 cm³/mol. The van der Waals surface area contributed by atoms with Gasteiger partial charge in [0, 0.05) is 11.5 Å². The van der Waals surface area contributed by atoms with Gasteiger partial charge in [0.05, 0.1) is 27.8 Å². The lowest BCUT2D eigenvalue weighted by Gasteiger charge is -2.27. The van der Waals surface area contributed by atoms with Crippen molar-refractivity contribution >= 4 is 35.4 Å². The van der Waals surface area contributed by atoms with Crippen molar-refractivity contribution in [3.63, 3.8) is 0 Å². The number of anilines is 2. The Labute approximate surface area is 152 Å². The van der Waals surface area contributed by atoms with E-state index in [0.29, 0.717) is 29.3 Å². The summed E-state index contributed by atoms with van der Waals surface area (Å²) in [4.78, 5) is 21.2. The van der Waals surface area contributed by atoms with Crippen LogP contribution < -0.4 is 11.1 Å². The third-order valence-corrected chi connectivity index (χ3v) is 6.19. The number of nitrogens with two attached hydrogens (primary N) is 1. The second-order valence-corrected chi connectivity index (χ2v) is 8.08. The number of non-ortho nitro benzene ring substituents is 1. The molecule has 142 valence electrons. The summed E-state index contributed by atoms with van der Waals surface area (Å²) >= 11 is 0. The Hall–Kier alpha value is -2.15. The van der Waals surface area contributed by atoms with Gasteiger partial charge in [0.25, 0.3) is 5.69 Å². The number of nitrogens with zero attached hydrogens (tertiary/aromatic N) is 1. The zero-order valence-electron chi connectivity index (χ0n) is 15.0. The predicted octanol–water partition coefficient (Wildman–Crippen LogP) is 4.48. The minimum absolute atomic E-state index is 0.111. The molecule has 0 saturated heterocycles. The van der Waals surface area contributed by atoms with Gasteiger partial charge in [0.2, 0.25) is 0 Å². The van der Waals surface area contributed by atoms with Crippen LogP contribution in [-0.4, -0.2) is 21.7 Å². The van der Waals surface area contributed by atoms with Crippen LogP contribution in [0.2, 0.25) is 0 Å². The van der Waals surface area contributed by atoms with Crippen molar-refractivity contribution in [3.8, 4) is 0 Å². The van der Waals surface area contributed by atoms with Gasteiger partial charge in [-0.15, -0.1) is 0 Å². The fraction of sp³-hybridized carbons (Fsp3) is 0.412. The highest BCUT2D eigenvalue weighted by Gasteiger charge is 2.33. The summed E-state index contributed by atoms with van der Waals surface area (Å²) in [5, 5.41) is 15.2. The van der Waals surface area contributed by atoms with E-state index < -0.39 is 18.3 Å². The number of benzene rings is 2. The van der Waals surface area contributed by atoms with Gasteiger partial charge in [0.15, 0.2) is 0 Å². The molecule has 2 aromatic rings. The third kappa shape index (κ3) is 4.15. The number of hydrogen-bond acceptors (Lipinski definition) is 6. The lowest BCUT2D eigenvalue weighted by atomic mass is 10.1. The molecule has 0 fully saturated rings. The first kappa shape index (κ1) is 20.2. The number of fused-ring (bicyclic) bond motifs is 1. The average molecular weight is 381 g/mol. The number of hydrogen-bond donors (Lipinski definition) is 3. The van der Waals surface area contributed by atoms with Crippen molar-refractivity contribution in [2.45, 2.75) is 45.5 Å². The molecule has 0 aliphatic carbocycles. The Morgan fingerprint density at radius 1 is 1.31 bits per heavy atom. The highest BCUT2D eigenvalue weighted by Crippen LogP contribution is 2.51. The van der Waals surface area contributed by atoms with Crippen molar-refractivity contribution in [1.29, 1.82) is 0 Å². The second-order valence-electron chi connectivity index (χ2n) is 6.12. The van der Waals surface area contributed by atoms with Crippen molar-refractivity contribution in [3.05, 3.63) is 40.4 Å². The lowest BCUT2D eigenvalue weighted by Crippen LogP contribution is -2.23. The van der Waals surface area contributed by atoms with Gasteiger partial charge in [-0.05, 0) is 25.8 Å². The smallest absolute Gasteiger partial charge is 0.350 e. The average Bonchev–Trinajstić information content (AvgIpc) is 2.59. The molecule has 3 atom stereocenters. The van der Waals surface area contributed by atoms with Crippen molar-refractivity contribution in [2.24, 2.45) is 0 Å². The molecule has 0 aliphatic rings. The normalized spacial score (nSPS) is 16.0. The number of nitrogen functional groups attached to an aromatic ring is 1. The molecule has 3 unspecified atom stereocenters. The van der Waals surface area contributed by atoms with Crippen molar-refractivity contribution in [2.75, 3.05) is 11.1 Å². The highest BCUT2D eigenvalue weighted by molar-refractivity contribution is 7.53. The zero-order chi connectivity index (χ0) is 19.5. The first-order valence-corrected chi connectivity index (χ1v) is 10.1. The van der Waals surface area contributed by atoms with Crippen LogP contribution >= 0.6 is 7.60 Å². The molecule has 0 aliphatic heterocycles. The fourth-order valence-electron chi connectivity index (χ4n) is 2.68. The summed E-state index contributed by atoms with van der Waals surface area (Å²) < 4.78 is 18.0. The Morgan fingerprint density at radius 2 is 1.92 bits per heavy atom. The van der Waals surface area contributed by atoms with Crippen LogP contribution in [0, 0.1) is 10.1 Å². The quantitative estimate of drug-likeness (QED) is 0.266. The van der Waals surface area contributed by atoms with Gasteiger partial charge in [-0.1, -0.05) is 32.0 Å². The van der Waals surface area contributed by atoms with Gasteiger partial charge in [0.1, 0.15) is 5.78 Å². The minimum atomic E-state index is -3.97. The van der Waals surface area contributed by atoms with E-state index in [4.69, 9.17) is 10.3 Å². The summed E-state index contributed by atoms with van der Waals surface area (Å²) in [6.45, 7) is 5.34. The van der Waals surface area contributed by atoms with Crippen LogP contribution in [0.1, 0.15) is 33.6 Å². The monoisotopic (exact) mass is 381 g/mol. The molecule has 9 heteroatoms. The molecule has 0 bridgehead atoms. The number of nitrogens with one attached hydrogen (secondary N) is 1. The Kier molecular flexibility index (Phi) is 6.23. The third-order valence-electron chi connectivity index (χ3n) is 4.25. The summed E-state index contributed by atoms with van der Waals surface area (Å²) in [6, 6.07) is 7.98. The first-order chi connectivity index (χ1) is 12.2. The molecule has 0 radical (unpaired) electrons. The molecule has 0 spiro atoms. The maximum atomic E-state index is 12.7. The van der Waals surface area contributed by atoms with E-state index in [1.807, 2.05) is 6.92 Å². The Morgan fingerprint density at radius 3 is 2.46 bits per heavy atom. The van der Waals surface area contributed by atoms with Crippen molar-refractivity contribution < 1.29 is 18.9 Å². The summed E-state index contributed by atoms with van der Waals surface area (Å²) in [7, 11) is -3.97. The molecule has 0 aromatic heterocycles. The van der Waals surface area contributed by atoms with E-state index in [1.165, 1.54) is 6.07 Å². The summed E-state index contributed by atoms with van der Waals surface area (Å²) in [6.07, 6.45) is 0.547. The van der Waals surface area contributed by atoms with Crippen LogP contribution in [0.15, 0.2) is 30.3 Å². The topological polar surface area (TPSA) is 128 Å². The molecule has 8 nitrogen and oxygen atoms in total. The van der Waals surface area contributed by atoms with E-state index in [-0.39, 0.29) is 17.5 Å². The van der Waals surface area contributed by atoms with Crippen LogP contribution in [0.3, 0.4) is 0 Å². The van der Waals surface area contributed by atoms with E-state index in [9.17, 15) is 19.6 Å². The maximum Gasteiger partial charge on any atom is 0.350 e. The maximum absolute atomic E-state index is 12.7. The van der Waals surface area contributed by atoms with Gasteiger partial charge in [-0.3, -0.25) is 14.7 Å². The van der Waals surface area contributed by atoms with Crippen LogP contribution in [-0.2, 0) is 9.09 Å². The fourth-order valence-corrected chi connectivity index (χ4v) is 4.24. The van der Waals surface area contributed by atoms with E-state index in [1.54, 1.807) is 38.1 Å². The highest BCUT2D eigenvalue weighted by atomic mass is 31.2. The number of rotatable bonds is 8. The Balaban J connectivity index is 2.50. The van der Waals surface area contributed by atoms with Gasteiger partial charge in [-0.2, -0.15) is 0 Å². The lowest BCUT2D eigenvalue weighted by molar-refractivity contribution is -0.383. The second kappa shape index (κ2) is 8.03. The van der Waals surface area contributed by atoms with E-state index in [2.05, 4.69) is 5.32 Å². The molecule has 26 heavy (non-hydrogen) atoms. The standard InChI is InChI=1S/C17H24N3O5P/c1-4-11(3)25-26(23,24)16(5-2)19-17-13-9-7-6-8-12(13)15(20(21)22)10-14(17)18/h6-11,16,19H,4-5,18H2,1-3H3,(H,23,24). The SMILES string of the molecule is CCC(C)OP(=O)(O)C(CC)Nc1c(N)cc([N+](=O)[O-])c2ccccc12. The van der Waals surface area contributed by atoms with Gasteiger partial charge >= 0.3 is 7.60 Å². The number of nitro groups is 1. The van der Waals surface area contributed by atoms with Gasteiger partial charge < -0.3 is 20.5 Å².